The molecule has 3 rings (SSSR count). The molecule has 0 saturated carbocycles. The van der Waals surface area contributed by atoms with Crippen molar-refractivity contribution in [1.82, 2.24) is 10.2 Å². The first-order chi connectivity index (χ1) is 9.28. The molecule has 0 bridgehead atoms. The van der Waals surface area contributed by atoms with Gasteiger partial charge in [-0.15, -0.1) is 0 Å². The molecule has 1 spiro atoms. The first kappa shape index (κ1) is 12.2. The van der Waals surface area contributed by atoms with E-state index < -0.39 is 5.54 Å². The second-order valence-corrected chi connectivity index (χ2v) is 5.07. The third kappa shape index (κ3) is 1.81. The molecule has 5 heteroatoms. The third-order valence-electron chi connectivity index (χ3n) is 4.10. The lowest BCUT2D eigenvalue weighted by Gasteiger charge is -2.39. The molecule has 5 nitrogen and oxygen atoms in total. The predicted octanol–water partition coefficient (Wildman–Crippen LogP) is 0.571. The van der Waals surface area contributed by atoms with E-state index in [1.165, 1.54) is 4.90 Å². The molecule has 0 aromatic heterocycles. The average Bonchev–Trinajstić information content (AvgIpc) is 2.74. The van der Waals surface area contributed by atoms with Gasteiger partial charge < -0.3 is 10.2 Å². The number of piperidine rings is 1. The van der Waals surface area contributed by atoms with E-state index in [4.69, 9.17) is 0 Å². The zero-order valence-electron chi connectivity index (χ0n) is 10.7. The number of rotatable bonds is 2. The summed E-state index contributed by atoms with van der Waals surface area (Å²) in [7, 11) is 0. The standard InChI is InChI=1S/C14H17N3O2/c18-11-16-10-17(12-4-2-1-3-5-12)14(13(16)19)6-8-15-9-7-14/h1-5,11,15H,6-10H2. The van der Waals surface area contributed by atoms with E-state index in [1.807, 2.05) is 30.3 Å². The highest BCUT2D eigenvalue weighted by atomic mass is 16.2. The van der Waals surface area contributed by atoms with Gasteiger partial charge in [-0.1, -0.05) is 18.2 Å². The maximum atomic E-state index is 12.5. The molecule has 1 N–H and O–H groups in total. The monoisotopic (exact) mass is 259 g/mol. The maximum absolute atomic E-state index is 12.5. The van der Waals surface area contributed by atoms with Crippen molar-refractivity contribution in [3.8, 4) is 0 Å². The minimum Gasteiger partial charge on any atom is -0.338 e. The number of hydrogen-bond donors (Lipinski definition) is 1. The van der Waals surface area contributed by atoms with Crippen LogP contribution in [-0.4, -0.2) is 42.5 Å². The third-order valence-corrected chi connectivity index (χ3v) is 4.10. The van der Waals surface area contributed by atoms with E-state index in [-0.39, 0.29) is 5.91 Å². The van der Waals surface area contributed by atoms with E-state index in [0.29, 0.717) is 13.1 Å². The minimum atomic E-state index is -0.548. The van der Waals surface area contributed by atoms with Crippen LogP contribution in [-0.2, 0) is 9.59 Å². The molecule has 0 atom stereocenters. The van der Waals surface area contributed by atoms with Gasteiger partial charge in [0.05, 0.1) is 0 Å². The van der Waals surface area contributed by atoms with Gasteiger partial charge in [0, 0.05) is 5.69 Å². The summed E-state index contributed by atoms with van der Waals surface area (Å²) in [6.07, 6.45) is 2.13. The molecule has 1 aromatic rings. The Kier molecular flexibility index (Phi) is 2.98. The van der Waals surface area contributed by atoms with Crippen molar-refractivity contribution in [2.24, 2.45) is 0 Å². The Morgan fingerprint density at radius 1 is 1.16 bits per heavy atom. The number of nitrogens with zero attached hydrogens (tertiary/aromatic N) is 2. The van der Waals surface area contributed by atoms with Gasteiger partial charge in [-0.2, -0.15) is 0 Å². The van der Waals surface area contributed by atoms with E-state index in [0.717, 1.165) is 31.6 Å². The maximum Gasteiger partial charge on any atom is 0.256 e. The van der Waals surface area contributed by atoms with Crippen molar-refractivity contribution in [1.29, 1.82) is 0 Å². The molecule has 0 radical (unpaired) electrons. The first-order valence-corrected chi connectivity index (χ1v) is 6.58. The molecule has 2 aliphatic rings. The molecular formula is C14H17N3O2. The van der Waals surface area contributed by atoms with E-state index in [1.54, 1.807) is 0 Å². The summed E-state index contributed by atoms with van der Waals surface area (Å²) in [5.41, 5.74) is 0.454. The van der Waals surface area contributed by atoms with Gasteiger partial charge in [0.15, 0.2) is 0 Å². The van der Waals surface area contributed by atoms with Gasteiger partial charge in [0.25, 0.3) is 5.91 Å². The van der Waals surface area contributed by atoms with Gasteiger partial charge in [0.1, 0.15) is 12.2 Å². The second kappa shape index (κ2) is 4.66. The Hall–Kier alpha value is -1.88. The largest absolute Gasteiger partial charge is 0.338 e. The molecule has 100 valence electrons. The summed E-state index contributed by atoms with van der Waals surface area (Å²) in [5, 5.41) is 3.28. The van der Waals surface area contributed by atoms with Gasteiger partial charge in [0.2, 0.25) is 6.41 Å². The zero-order valence-corrected chi connectivity index (χ0v) is 10.7. The lowest BCUT2D eigenvalue weighted by Crippen LogP contribution is -2.55. The topological polar surface area (TPSA) is 52.7 Å². The van der Waals surface area contributed by atoms with Crippen LogP contribution in [0.4, 0.5) is 5.69 Å². The van der Waals surface area contributed by atoms with E-state index in [2.05, 4.69) is 10.2 Å². The number of carbonyl (C=O) groups excluding carboxylic acids is 2. The van der Waals surface area contributed by atoms with Gasteiger partial charge in [-0.3, -0.25) is 14.5 Å². The Labute approximate surface area is 112 Å². The quantitative estimate of drug-likeness (QED) is 0.789. The minimum absolute atomic E-state index is 0.0622. The van der Waals surface area contributed by atoms with Crippen molar-refractivity contribution in [3.05, 3.63) is 30.3 Å². The number of imide groups is 1. The molecule has 2 fully saturated rings. The van der Waals surface area contributed by atoms with Crippen LogP contribution in [0.25, 0.3) is 0 Å². The van der Waals surface area contributed by atoms with Gasteiger partial charge in [-0.25, -0.2) is 0 Å². The van der Waals surface area contributed by atoms with Gasteiger partial charge >= 0.3 is 0 Å². The summed E-state index contributed by atoms with van der Waals surface area (Å²) in [6.45, 7) is 1.97. The first-order valence-electron chi connectivity index (χ1n) is 6.58. The van der Waals surface area contributed by atoms with Crippen molar-refractivity contribution in [3.63, 3.8) is 0 Å². The Bertz CT molecular complexity index is 483. The van der Waals surface area contributed by atoms with Crippen LogP contribution in [0, 0.1) is 0 Å². The fraction of sp³-hybridized carbons (Fsp3) is 0.429. The van der Waals surface area contributed by atoms with Crippen LogP contribution in [0.1, 0.15) is 12.8 Å². The normalized spacial score (nSPS) is 22.0. The van der Waals surface area contributed by atoms with Gasteiger partial charge in [-0.05, 0) is 38.1 Å². The lowest BCUT2D eigenvalue weighted by atomic mass is 9.86. The van der Waals surface area contributed by atoms with E-state index in [9.17, 15) is 9.59 Å². The second-order valence-electron chi connectivity index (χ2n) is 5.07. The van der Waals surface area contributed by atoms with Crippen LogP contribution in [0.5, 0.6) is 0 Å². The highest BCUT2D eigenvalue weighted by Gasteiger charge is 2.52. The summed E-state index contributed by atoms with van der Waals surface area (Å²) < 4.78 is 0. The molecule has 2 aliphatic heterocycles. The molecule has 2 saturated heterocycles. The van der Waals surface area contributed by atoms with Crippen molar-refractivity contribution < 1.29 is 9.59 Å². The molecule has 2 heterocycles. The van der Waals surface area contributed by atoms with Crippen LogP contribution < -0.4 is 10.2 Å². The van der Waals surface area contributed by atoms with Crippen molar-refractivity contribution in [2.75, 3.05) is 24.7 Å². The van der Waals surface area contributed by atoms with Crippen LogP contribution >= 0.6 is 0 Å². The Morgan fingerprint density at radius 2 is 1.84 bits per heavy atom. The summed E-state index contributed by atoms with van der Waals surface area (Å²) in [4.78, 5) is 27.0. The number of nitrogens with one attached hydrogen (secondary N) is 1. The zero-order chi connectivity index (χ0) is 13.3. The van der Waals surface area contributed by atoms with Crippen LogP contribution in [0.3, 0.4) is 0 Å². The summed E-state index contributed by atoms with van der Waals surface area (Å²) in [5.74, 6) is -0.0622. The van der Waals surface area contributed by atoms with Crippen LogP contribution in [0.2, 0.25) is 0 Å². The fourth-order valence-electron chi connectivity index (χ4n) is 3.08. The lowest BCUT2D eigenvalue weighted by molar-refractivity contribution is -0.138. The molecule has 19 heavy (non-hydrogen) atoms. The molecular weight excluding hydrogens is 242 g/mol. The molecule has 0 unspecified atom stereocenters. The number of amides is 2. The Balaban J connectivity index is 2.01. The molecule has 0 aliphatic carbocycles. The number of hydrogen-bond acceptors (Lipinski definition) is 4. The van der Waals surface area contributed by atoms with Crippen molar-refractivity contribution >= 4 is 18.0 Å². The molecule has 1 aromatic carbocycles. The SMILES string of the molecule is O=CN1CN(c2ccccc2)C2(CCNCC2)C1=O. The number of para-hydroxylation sites is 1. The number of carbonyl (C=O) groups is 2. The average molecular weight is 259 g/mol. The summed E-state index contributed by atoms with van der Waals surface area (Å²) >= 11 is 0. The molecule has 2 amide bonds. The van der Waals surface area contributed by atoms with Crippen LogP contribution in [0.15, 0.2) is 30.3 Å². The number of benzene rings is 1. The highest BCUT2D eigenvalue weighted by molar-refractivity contribution is 5.99. The fourth-order valence-corrected chi connectivity index (χ4v) is 3.08. The number of anilines is 1. The Morgan fingerprint density at radius 3 is 2.47 bits per heavy atom. The summed E-state index contributed by atoms with van der Waals surface area (Å²) in [6, 6.07) is 9.85. The highest BCUT2D eigenvalue weighted by Crippen LogP contribution is 2.37. The smallest absolute Gasteiger partial charge is 0.256 e. The van der Waals surface area contributed by atoms with E-state index >= 15 is 0 Å². The van der Waals surface area contributed by atoms with Crippen molar-refractivity contribution in [2.45, 2.75) is 18.4 Å². The predicted molar refractivity (Wildman–Crippen MR) is 71.5 cm³/mol.